The number of piperidine rings is 1. The van der Waals surface area contributed by atoms with Crippen molar-refractivity contribution in [2.24, 2.45) is 11.7 Å². The van der Waals surface area contributed by atoms with E-state index in [1.807, 2.05) is 0 Å². The van der Waals surface area contributed by atoms with Crippen LogP contribution in [0.4, 0.5) is 5.82 Å². The lowest BCUT2D eigenvalue weighted by molar-refractivity contribution is -0.128. The molecule has 2 rings (SSSR count). The molecule has 1 saturated heterocycles. The van der Waals surface area contributed by atoms with E-state index >= 15 is 0 Å². The Bertz CT molecular complexity index is 443. The third-order valence-corrected chi connectivity index (χ3v) is 3.18. The maximum Gasteiger partial charge on any atom is 0.236 e. The van der Waals surface area contributed by atoms with Crippen molar-refractivity contribution in [1.82, 2.24) is 15.3 Å². The fraction of sp³-hybridized carbons (Fsp3) is 0.500. The molecule has 0 unspecified atom stereocenters. The van der Waals surface area contributed by atoms with Gasteiger partial charge in [-0.2, -0.15) is 0 Å². The zero-order chi connectivity index (χ0) is 13.7. The van der Waals surface area contributed by atoms with E-state index in [-0.39, 0.29) is 18.4 Å². The molecular weight excluding hydrogens is 246 g/mol. The largest absolute Gasteiger partial charge is 0.368 e. The Hall–Kier alpha value is -2.18. The Labute approximate surface area is 111 Å². The van der Waals surface area contributed by atoms with E-state index in [2.05, 4.69) is 20.2 Å². The van der Waals surface area contributed by atoms with Crippen LogP contribution in [0.5, 0.6) is 0 Å². The predicted molar refractivity (Wildman–Crippen MR) is 69.2 cm³/mol. The van der Waals surface area contributed by atoms with Gasteiger partial charge in [0.2, 0.25) is 11.8 Å². The van der Waals surface area contributed by atoms with E-state index in [4.69, 9.17) is 5.73 Å². The van der Waals surface area contributed by atoms with Gasteiger partial charge in [-0.05, 0) is 12.8 Å². The molecule has 0 bridgehead atoms. The minimum atomic E-state index is -0.523. The standard InChI is InChI=1S/C12H17N5O2/c13-10(18)7-16-12(19)9-1-5-17(6-2-9)11-8-14-3-4-15-11/h3-4,8-9H,1-2,5-7H2,(H2,13,18)(H,16,19). The van der Waals surface area contributed by atoms with Gasteiger partial charge in [-0.1, -0.05) is 0 Å². The van der Waals surface area contributed by atoms with Gasteiger partial charge < -0.3 is 16.0 Å². The number of nitrogens with one attached hydrogen (secondary N) is 1. The molecule has 0 atom stereocenters. The topological polar surface area (TPSA) is 101 Å². The highest BCUT2D eigenvalue weighted by atomic mass is 16.2. The highest BCUT2D eigenvalue weighted by Gasteiger charge is 2.25. The van der Waals surface area contributed by atoms with Crippen molar-refractivity contribution in [3.8, 4) is 0 Å². The number of hydrogen-bond donors (Lipinski definition) is 2. The maximum absolute atomic E-state index is 11.8. The number of rotatable bonds is 4. The molecule has 0 aliphatic carbocycles. The summed E-state index contributed by atoms with van der Waals surface area (Å²) in [6, 6.07) is 0. The third kappa shape index (κ3) is 3.64. The lowest BCUT2D eigenvalue weighted by Gasteiger charge is -2.31. The van der Waals surface area contributed by atoms with Crippen LogP contribution in [-0.4, -0.2) is 41.4 Å². The van der Waals surface area contributed by atoms with E-state index in [9.17, 15) is 9.59 Å². The van der Waals surface area contributed by atoms with Crippen LogP contribution >= 0.6 is 0 Å². The molecule has 0 aromatic carbocycles. The van der Waals surface area contributed by atoms with Crippen molar-refractivity contribution in [3.05, 3.63) is 18.6 Å². The number of anilines is 1. The molecule has 1 aliphatic heterocycles. The number of hydrogen-bond acceptors (Lipinski definition) is 5. The van der Waals surface area contributed by atoms with Gasteiger partial charge in [0, 0.05) is 31.4 Å². The first-order valence-corrected chi connectivity index (χ1v) is 6.24. The van der Waals surface area contributed by atoms with Crippen molar-refractivity contribution in [2.45, 2.75) is 12.8 Å². The van der Waals surface area contributed by atoms with Gasteiger partial charge in [-0.25, -0.2) is 4.98 Å². The first kappa shape index (κ1) is 13.3. The van der Waals surface area contributed by atoms with Gasteiger partial charge in [0.25, 0.3) is 0 Å². The highest BCUT2D eigenvalue weighted by Crippen LogP contribution is 2.20. The Balaban J connectivity index is 1.82. The van der Waals surface area contributed by atoms with E-state index < -0.39 is 5.91 Å². The molecule has 0 radical (unpaired) electrons. The Morgan fingerprint density at radius 1 is 1.37 bits per heavy atom. The van der Waals surface area contributed by atoms with Gasteiger partial charge in [-0.15, -0.1) is 0 Å². The molecule has 7 nitrogen and oxygen atoms in total. The van der Waals surface area contributed by atoms with Crippen molar-refractivity contribution in [3.63, 3.8) is 0 Å². The summed E-state index contributed by atoms with van der Waals surface area (Å²) < 4.78 is 0. The quantitative estimate of drug-likeness (QED) is 0.747. The average molecular weight is 263 g/mol. The summed E-state index contributed by atoms with van der Waals surface area (Å²) in [7, 11) is 0. The summed E-state index contributed by atoms with van der Waals surface area (Å²) in [5, 5.41) is 2.55. The number of aromatic nitrogens is 2. The molecule has 2 heterocycles. The Morgan fingerprint density at radius 2 is 2.11 bits per heavy atom. The minimum Gasteiger partial charge on any atom is -0.368 e. The molecule has 1 fully saturated rings. The highest BCUT2D eigenvalue weighted by molar-refractivity contribution is 5.85. The lowest BCUT2D eigenvalue weighted by Crippen LogP contribution is -2.43. The summed E-state index contributed by atoms with van der Waals surface area (Å²) in [5.41, 5.74) is 4.99. The van der Waals surface area contributed by atoms with Gasteiger partial charge >= 0.3 is 0 Å². The number of amides is 2. The summed E-state index contributed by atoms with van der Waals surface area (Å²) in [6.07, 6.45) is 6.48. The summed E-state index contributed by atoms with van der Waals surface area (Å²) in [6.45, 7) is 1.42. The van der Waals surface area contributed by atoms with Gasteiger partial charge in [-0.3, -0.25) is 14.6 Å². The van der Waals surface area contributed by atoms with E-state index in [1.54, 1.807) is 18.6 Å². The zero-order valence-electron chi connectivity index (χ0n) is 10.6. The fourth-order valence-corrected chi connectivity index (χ4v) is 2.14. The zero-order valence-corrected chi connectivity index (χ0v) is 10.6. The molecule has 102 valence electrons. The lowest BCUT2D eigenvalue weighted by atomic mass is 9.96. The fourth-order valence-electron chi connectivity index (χ4n) is 2.14. The number of carbonyl (C=O) groups is 2. The van der Waals surface area contributed by atoms with E-state index in [0.29, 0.717) is 0 Å². The van der Waals surface area contributed by atoms with Crippen LogP contribution in [-0.2, 0) is 9.59 Å². The molecule has 0 saturated carbocycles. The number of carbonyl (C=O) groups excluding carboxylic acids is 2. The molecule has 19 heavy (non-hydrogen) atoms. The summed E-state index contributed by atoms with van der Waals surface area (Å²) in [4.78, 5) is 32.8. The van der Waals surface area contributed by atoms with Crippen LogP contribution in [0, 0.1) is 5.92 Å². The van der Waals surface area contributed by atoms with Crippen LogP contribution in [0.2, 0.25) is 0 Å². The second-order valence-corrected chi connectivity index (χ2v) is 4.51. The first-order chi connectivity index (χ1) is 9.16. The third-order valence-electron chi connectivity index (χ3n) is 3.18. The number of nitrogens with two attached hydrogens (primary N) is 1. The molecule has 7 heteroatoms. The van der Waals surface area contributed by atoms with Crippen LogP contribution in [0.1, 0.15) is 12.8 Å². The van der Waals surface area contributed by atoms with E-state index in [1.165, 1.54) is 0 Å². The minimum absolute atomic E-state index is 0.0627. The second kappa shape index (κ2) is 6.12. The van der Waals surface area contributed by atoms with Crippen LogP contribution in [0.15, 0.2) is 18.6 Å². The summed E-state index contributed by atoms with van der Waals surface area (Å²) >= 11 is 0. The van der Waals surface area contributed by atoms with Crippen LogP contribution < -0.4 is 16.0 Å². The van der Waals surface area contributed by atoms with Crippen molar-refractivity contribution in [2.75, 3.05) is 24.5 Å². The Kier molecular flexibility index (Phi) is 4.27. The first-order valence-electron chi connectivity index (χ1n) is 6.24. The molecule has 1 aromatic rings. The monoisotopic (exact) mass is 263 g/mol. The number of nitrogens with zero attached hydrogens (tertiary/aromatic N) is 3. The molecule has 2 amide bonds. The van der Waals surface area contributed by atoms with Gasteiger partial charge in [0.15, 0.2) is 0 Å². The van der Waals surface area contributed by atoms with Crippen molar-refractivity contribution < 1.29 is 9.59 Å². The number of primary amides is 1. The van der Waals surface area contributed by atoms with Crippen molar-refractivity contribution >= 4 is 17.6 Å². The summed E-state index contributed by atoms with van der Waals surface area (Å²) in [5.74, 6) is 0.147. The van der Waals surface area contributed by atoms with Crippen LogP contribution in [0.3, 0.4) is 0 Å². The average Bonchev–Trinajstić information content (AvgIpc) is 2.46. The second-order valence-electron chi connectivity index (χ2n) is 4.51. The van der Waals surface area contributed by atoms with Crippen molar-refractivity contribution in [1.29, 1.82) is 0 Å². The normalized spacial score (nSPS) is 16.1. The molecule has 1 aromatic heterocycles. The van der Waals surface area contributed by atoms with Gasteiger partial charge in [0.05, 0.1) is 12.7 Å². The maximum atomic E-state index is 11.8. The molecule has 1 aliphatic rings. The van der Waals surface area contributed by atoms with E-state index in [0.717, 1.165) is 31.7 Å². The van der Waals surface area contributed by atoms with Crippen LogP contribution in [0.25, 0.3) is 0 Å². The molecular formula is C12H17N5O2. The molecule has 0 spiro atoms. The smallest absolute Gasteiger partial charge is 0.236 e. The molecule has 3 N–H and O–H groups in total. The Morgan fingerprint density at radius 3 is 2.68 bits per heavy atom. The predicted octanol–water partition coefficient (Wildman–Crippen LogP) is -0.705. The van der Waals surface area contributed by atoms with Gasteiger partial charge in [0.1, 0.15) is 5.82 Å². The SMILES string of the molecule is NC(=O)CNC(=O)C1CCN(c2cnccn2)CC1.